The Morgan fingerprint density at radius 2 is 2.12 bits per heavy atom. The lowest BCUT2D eigenvalue weighted by molar-refractivity contribution is 0.0926. The molecule has 0 aliphatic carbocycles. The van der Waals surface area contributed by atoms with Crippen molar-refractivity contribution in [2.75, 3.05) is 13.2 Å². The van der Waals surface area contributed by atoms with Crippen LogP contribution in [0.15, 0.2) is 45.3 Å². The Balaban J connectivity index is 1.41. The van der Waals surface area contributed by atoms with Crippen LogP contribution < -0.4 is 15.5 Å². The van der Waals surface area contributed by atoms with Crippen LogP contribution in [-0.2, 0) is 0 Å². The normalized spacial score (nSPS) is 10.6. The molecule has 0 radical (unpaired) electrons. The monoisotopic (exact) mass is 361 g/mol. The van der Waals surface area contributed by atoms with Crippen molar-refractivity contribution in [2.24, 2.45) is 0 Å². The van der Waals surface area contributed by atoms with Gasteiger partial charge in [-0.25, -0.2) is 0 Å². The Bertz CT molecular complexity index is 856. The van der Waals surface area contributed by atoms with Crippen molar-refractivity contribution in [3.8, 4) is 5.88 Å². The van der Waals surface area contributed by atoms with Crippen LogP contribution in [0, 0.1) is 0 Å². The third kappa shape index (κ3) is 4.14. The number of hydrogen-bond donors (Lipinski definition) is 3. The highest BCUT2D eigenvalue weighted by molar-refractivity contribution is 7.80. The number of furan rings is 1. The number of benzene rings is 1. The van der Waals surface area contributed by atoms with E-state index in [4.69, 9.17) is 31.1 Å². The molecule has 25 heavy (non-hydrogen) atoms. The van der Waals surface area contributed by atoms with Gasteiger partial charge in [0.05, 0.1) is 12.7 Å². The summed E-state index contributed by atoms with van der Waals surface area (Å²) in [5, 5.41) is 16.0. The third-order valence-corrected chi connectivity index (χ3v) is 3.61. The Hall–Kier alpha value is -2.91. The molecule has 0 bridgehead atoms. The first kappa shape index (κ1) is 16.9. The zero-order chi connectivity index (χ0) is 17.6. The van der Waals surface area contributed by atoms with Gasteiger partial charge in [-0.3, -0.25) is 15.5 Å². The van der Waals surface area contributed by atoms with Crippen LogP contribution in [-0.4, -0.2) is 34.4 Å². The molecule has 1 amide bonds. The van der Waals surface area contributed by atoms with Gasteiger partial charge in [0.1, 0.15) is 5.58 Å². The highest BCUT2D eigenvalue weighted by Gasteiger charge is 2.12. The lowest BCUT2D eigenvalue weighted by Crippen LogP contribution is -2.25. The van der Waals surface area contributed by atoms with Crippen LogP contribution in [0.2, 0.25) is 0 Å². The first-order valence-corrected chi connectivity index (χ1v) is 7.89. The summed E-state index contributed by atoms with van der Waals surface area (Å²) in [5.74, 6) is 0.439. The quantitative estimate of drug-likeness (QED) is 0.334. The average molecular weight is 361 g/mol. The SMILES string of the molecule is O=C(NCCCOc1cc(C(=S)NO)on1)c1cc2ccccc2o1. The number of aromatic nitrogens is 1. The zero-order valence-electron chi connectivity index (χ0n) is 13.0. The number of nitrogens with one attached hydrogen (secondary N) is 2. The van der Waals surface area contributed by atoms with E-state index in [9.17, 15) is 4.79 Å². The highest BCUT2D eigenvalue weighted by atomic mass is 32.1. The van der Waals surface area contributed by atoms with Crippen molar-refractivity contribution >= 4 is 34.1 Å². The van der Waals surface area contributed by atoms with E-state index in [2.05, 4.69) is 10.5 Å². The summed E-state index contributed by atoms with van der Waals surface area (Å²) in [6, 6.07) is 10.6. The second-order valence-electron chi connectivity index (χ2n) is 5.08. The minimum Gasteiger partial charge on any atom is -0.475 e. The Morgan fingerprint density at radius 3 is 2.92 bits per heavy atom. The fraction of sp³-hybridized carbons (Fsp3) is 0.188. The number of fused-ring (bicyclic) bond motifs is 1. The van der Waals surface area contributed by atoms with Crippen molar-refractivity contribution < 1.29 is 23.7 Å². The number of ether oxygens (including phenoxy) is 1. The topological polar surface area (TPSA) is 110 Å². The van der Waals surface area contributed by atoms with Crippen LogP contribution in [0.25, 0.3) is 11.0 Å². The molecule has 2 heterocycles. The van der Waals surface area contributed by atoms with E-state index in [1.807, 2.05) is 24.3 Å². The lowest BCUT2D eigenvalue weighted by Gasteiger charge is -2.03. The molecule has 130 valence electrons. The largest absolute Gasteiger partial charge is 0.475 e. The number of hydroxylamine groups is 1. The molecule has 0 spiro atoms. The van der Waals surface area contributed by atoms with Gasteiger partial charge in [-0.15, -0.1) is 0 Å². The van der Waals surface area contributed by atoms with Crippen molar-refractivity contribution in [1.29, 1.82) is 0 Å². The standard InChI is InChI=1S/C16H15N3O5S/c20-15(12-8-10-4-1-2-5-11(10)23-12)17-6-3-7-22-14-9-13(24-19-14)16(25)18-21/h1-2,4-5,8-9,21H,3,6-7H2,(H,17,20)(H,18,25). The highest BCUT2D eigenvalue weighted by Crippen LogP contribution is 2.18. The average Bonchev–Trinajstić information content (AvgIpc) is 3.27. The number of hydrogen-bond acceptors (Lipinski definition) is 7. The number of carbonyl (C=O) groups excluding carboxylic acids is 1. The lowest BCUT2D eigenvalue weighted by atomic mass is 10.2. The van der Waals surface area contributed by atoms with Gasteiger partial charge in [0, 0.05) is 11.9 Å². The second-order valence-corrected chi connectivity index (χ2v) is 5.48. The summed E-state index contributed by atoms with van der Waals surface area (Å²) in [4.78, 5) is 12.1. The van der Waals surface area contributed by atoms with Crippen LogP contribution in [0.4, 0.5) is 0 Å². The molecule has 0 saturated carbocycles. The minimum atomic E-state index is -0.278. The van der Waals surface area contributed by atoms with Crippen molar-refractivity contribution in [2.45, 2.75) is 6.42 Å². The van der Waals surface area contributed by atoms with E-state index in [-0.39, 0.29) is 28.3 Å². The number of amides is 1. The predicted octanol–water partition coefficient (Wildman–Crippen LogP) is 2.27. The fourth-order valence-electron chi connectivity index (χ4n) is 2.12. The molecule has 0 aliphatic heterocycles. The van der Waals surface area contributed by atoms with E-state index in [0.717, 1.165) is 5.39 Å². The van der Waals surface area contributed by atoms with E-state index >= 15 is 0 Å². The molecule has 0 atom stereocenters. The number of nitrogens with zero attached hydrogens (tertiary/aromatic N) is 1. The molecular formula is C16H15N3O5S. The van der Waals surface area contributed by atoms with Gasteiger partial charge in [-0.05, 0) is 23.7 Å². The summed E-state index contributed by atoms with van der Waals surface area (Å²) >= 11 is 4.78. The summed E-state index contributed by atoms with van der Waals surface area (Å²) < 4.78 is 15.7. The molecule has 0 unspecified atom stereocenters. The molecular weight excluding hydrogens is 346 g/mol. The molecule has 0 saturated heterocycles. The molecule has 0 fully saturated rings. The van der Waals surface area contributed by atoms with Crippen LogP contribution in [0.3, 0.4) is 0 Å². The van der Waals surface area contributed by atoms with Gasteiger partial charge < -0.3 is 19.0 Å². The van der Waals surface area contributed by atoms with Crippen molar-refractivity contribution in [3.05, 3.63) is 47.9 Å². The minimum absolute atomic E-state index is 0.0143. The third-order valence-electron chi connectivity index (χ3n) is 3.32. The van der Waals surface area contributed by atoms with Crippen molar-refractivity contribution in [1.82, 2.24) is 16.0 Å². The molecule has 3 N–H and O–H groups in total. The summed E-state index contributed by atoms with van der Waals surface area (Å²) in [7, 11) is 0. The molecule has 9 heteroatoms. The second kappa shape index (κ2) is 7.77. The van der Waals surface area contributed by atoms with E-state index in [1.165, 1.54) is 6.07 Å². The Morgan fingerprint density at radius 1 is 1.28 bits per heavy atom. The van der Waals surface area contributed by atoms with Gasteiger partial charge in [-0.1, -0.05) is 30.4 Å². The van der Waals surface area contributed by atoms with Gasteiger partial charge in [0.2, 0.25) is 0 Å². The maximum atomic E-state index is 12.0. The van der Waals surface area contributed by atoms with E-state index in [0.29, 0.717) is 25.2 Å². The van der Waals surface area contributed by atoms with Gasteiger partial charge in [-0.2, -0.15) is 0 Å². The Labute approximate surface area is 147 Å². The smallest absolute Gasteiger partial charge is 0.287 e. The summed E-state index contributed by atoms with van der Waals surface area (Å²) in [6.45, 7) is 0.739. The predicted molar refractivity (Wildman–Crippen MR) is 91.8 cm³/mol. The molecule has 0 aliphatic rings. The van der Waals surface area contributed by atoms with Crippen molar-refractivity contribution in [3.63, 3.8) is 0 Å². The Kier molecular flexibility index (Phi) is 5.26. The summed E-state index contributed by atoms with van der Waals surface area (Å²) in [6.07, 6.45) is 0.566. The maximum Gasteiger partial charge on any atom is 0.287 e. The van der Waals surface area contributed by atoms with Gasteiger partial charge >= 0.3 is 0 Å². The first-order chi connectivity index (χ1) is 12.2. The van der Waals surface area contributed by atoms with Crippen LogP contribution in [0.5, 0.6) is 5.88 Å². The van der Waals surface area contributed by atoms with Crippen LogP contribution in [0.1, 0.15) is 22.7 Å². The summed E-state index contributed by atoms with van der Waals surface area (Å²) in [5.41, 5.74) is 2.47. The van der Waals surface area contributed by atoms with E-state index < -0.39 is 0 Å². The fourth-order valence-corrected chi connectivity index (χ4v) is 2.22. The zero-order valence-corrected chi connectivity index (χ0v) is 13.8. The molecule has 2 aromatic heterocycles. The number of rotatable bonds is 7. The molecule has 8 nitrogen and oxygen atoms in total. The molecule has 1 aromatic carbocycles. The first-order valence-electron chi connectivity index (χ1n) is 7.48. The van der Waals surface area contributed by atoms with Gasteiger partial charge in [0.15, 0.2) is 16.5 Å². The van der Waals surface area contributed by atoms with E-state index in [1.54, 1.807) is 11.5 Å². The maximum absolute atomic E-state index is 12.0. The molecule has 3 aromatic rings. The number of para-hydroxylation sites is 1. The number of carbonyl (C=O) groups is 1. The number of thiocarbonyl (C=S) groups is 1. The van der Waals surface area contributed by atoms with Gasteiger partial charge in [0.25, 0.3) is 11.8 Å². The molecule has 3 rings (SSSR count). The van der Waals surface area contributed by atoms with Crippen LogP contribution >= 0.6 is 12.2 Å².